The Morgan fingerprint density at radius 2 is 1.85 bits per heavy atom. The maximum absolute atomic E-state index is 14.5. The fraction of sp³-hybridized carbons (Fsp3) is 0.300. The van der Waals surface area contributed by atoms with E-state index in [-0.39, 0.29) is 29.5 Å². The lowest BCUT2D eigenvalue weighted by Crippen LogP contribution is -2.32. The third-order valence-electron chi connectivity index (χ3n) is 5.33. The normalized spacial score (nSPS) is 19.7. The molecule has 33 heavy (non-hydrogen) atoms. The van der Waals surface area contributed by atoms with E-state index < -0.39 is 45.4 Å². The standard InChI is InChI=1S/C20H18F5N5O2S/c1-29-10-18(27-11-29)33(31,32)30-8-13(19-16(22)3-2-6-26-19)17(9-30)28-12-4-5-15(21)14(7-12)20(23,24)25/h2-7,10-11,13,17,28H,8-9H2,1H3/t13-,17-/m0/s1. The van der Waals surface area contributed by atoms with Gasteiger partial charge in [-0.3, -0.25) is 4.98 Å². The lowest BCUT2D eigenvalue weighted by atomic mass is 9.98. The van der Waals surface area contributed by atoms with Gasteiger partial charge in [0.25, 0.3) is 10.0 Å². The lowest BCUT2D eigenvalue weighted by Gasteiger charge is -2.21. The van der Waals surface area contributed by atoms with Gasteiger partial charge >= 0.3 is 6.18 Å². The molecular formula is C20H18F5N5O2S. The van der Waals surface area contributed by atoms with Crippen LogP contribution in [-0.4, -0.2) is 46.4 Å². The molecular weight excluding hydrogens is 469 g/mol. The number of anilines is 1. The molecule has 7 nitrogen and oxygen atoms in total. The summed E-state index contributed by atoms with van der Waals surface area (Å²) in [6, 6.07) is 4.05. The second kappa shape index (κ2) is 8.37. The number of aryl methyl sites for hydroxylation is 1. The average molecular weight is 487 g/mol. The number of halogens is 5. The summed E-state index contributed by atoms with van der Waals surface area (Å²) in [5, 5.41) is 2.59. The number of hydrogen-bond acceptors (Lipinski definition) is 5. The van der Waals surface area contributed by atoms with Crippen LogP contribution in [0.4, 0.5) is 27.6 Å². The molecule has 13 heteroatoms. The van der Waals surface area contributed by atoms with Crippen molar-refractivity contribution in [3.8, 4) is 0 Å². The predicted octanol–water partition coefficient (Wildman–Crippen LogP) is 3.38. The summed E-state index contributed by atoms with van der Waals surface area (Å²) in [7, 11) is -2.47. The van der Waals surface area contributed by atoms with Gasteiger partial charge in [0.1, 0.15) is 11.6 Å². The summed E-state index contributed by atoms with van der Waals surface area (Å²) in [4.78, 5) is 7.88. The van der Waals surface area contributed by atoms with Crippen LogP contribution in [0, 0.1) is 11.6 Å². The van der Waals surface area contributed by atoms with Gasteiger partial charge in [0.2, 0.25) is 0 Å². The van der Waals surface area contributed by atoms with Crippen molar-refractivity contribution >= 4 is 15.7 Å². The number of benzene rings is 1. The quantitative estimate of drug-likeness (QED) is 0.559. The molecule has 1 aliphatic heterocycles. The Bertz CT molecular complexity index is 1280. The van der Waals surface area contributed by atoms with Gasteiger partial charge in [0.05, 0.1) is 17.6 Å². The molecule has 0 bridgehead atoms. The summed E-state index contributed by atoms with van der Waals surface area (Å²) < 4.78 is 96.2. The molecule has 1 fully saturated rings. The fourth-order valence-electron chi connectivity index (χ4n) is 3.76. The number of nitrogens with zero attached hydrogens (tertiary/aromatic N) is 4. The van der Waals surface area contributed by atoms with Gasteiger partial charge in [0, 0.05) is 50.2 Å². The van der Waals surface area contributed by atoms with E-state index in [1.807, 2.05) is 0 Å². The molecule has 176 valence electrons. The van der Waals surface area contributed by atoms with Gasteiger partial charge in [-0.15, -0.1) is 0 Å². The molecule has 3 heterocycles. The number of nitrogens with one attached hydrogen (secondary N) is 1. The first kappa shape index (κ1) is 23.1. The molecule has 2 aromatic heterocycles. The summed E-state index contributed by atoms with van der Waals surface area (Å²) >= 11 is 0. The van der Waals surface area contributed by atoms with Crippen molar-refractivity contribution in [1.29, 1.82) is 0 Å². The van der Waals surface area contributed by atoms with E-state index in [9.17, 15) is 30.4 Å². The average Bonchev–Trinajstić information content (AvgIpc) is 3.36. The molecule has 0 amide bonds. The van der Waals surface area contributed by atoms with E-state index in [0.717, 1.165) is 16.4 Å². The maximum atomic E-state index is 14.5. The van der Waals surface area contributed by atoms with Crippen LogP contribution in [0.15, 0.2) is 54.1 Å². The lowest BCUT2D eigenvalue weighted by molar-refractivity contribution is -0.139. The van der Waals surface area contributed by atoms with Crippen molar-refractivity contribution in [2.75, 3.05) is 18.4 Å². The van der Waals surface area contributed by atoms with Gasteiger partial charge in [0.15, 0.2) is 5.03 Å². The Morgan fingerprint density at radius 3 is 2.48 bits per heavy atom. The van der Waals surface area contributed by atoms with Crippen LogP contribution in [0.2, 0.25) is 0 Å². The van der Waals surface area contributed by atoms with Crippen molar-refractivity contribution in [3.05, 3.63) is 71.9 Å². The van der Waals surface area contributed by atoms with E-state index in [0.29, 0.717) is 12.1 Å². The van der Waals surface area contributed by atoms with Gasteiger partial charge in [-0.1, -0.05) is 0 Å². The third kappa shape index (κ3) is 4.55. The third-order valence-corrected chi connectivity index (χ3v) is 7.05. The molecule has 0 unspecified atom stereocenters. The molecule has 1 saturated heterocycles. The first-order valence-electron chi connectivity index (χ1n) is 9.68. The van der Waals surface area contributed by atoms with Crippen LogP contribution in [0.3, 0.4) is 0 Å². The minimum atomic E-state index is -4.92. The van der Waals surface area contributed by atoms with Crippen molar-refractivity contribution in [1.82, 2.24) is 18.8 Å². The minimum Gasteiger partial charge on any atom is -0.380 e. The molecule has 0 saturated carbocycles. The Morgan fingerprint density at radius 1 is 1.09 bits per heavy atom. The fourth-order valence-corrected chi connectivity index (χ4v) is 5.22. The second-order valence-electron chi connectivity index (χ2n) is 7.62. The van der Waals surface area contributed by atoms with Crippen LogP contribution in [0.25, 0.3) is 0 Å². The first-order chi connectivity index (χ1) is 15.5. The molecule has 0 spiro atoms. The van der Waals surface area contributed by atoms with Crippen molar-refractivity contribution < 1.29 is 30.4 Å². The molecule has 1 aliphatic rings. The minimum absolute atomic E-state index is 0.0353. The molecule has 0 aliphatic carbocycles. The van der Waals surface area contributed by atoms with Crippen molar-refractivity contribution in [2.24, 2.45) is 7.05 Å². The van der Waals surface area contributed by atoms with E-state index in [1.54, 1.807) is 7.05 Å². The monoisotopic (exact) mass is 487 g/mol. The van der Waals surface area contributed by atoms with Crippen molar-refractivity contribution in [3.63, 3.8) is 0 Å². The summed E-state index contributed by atoms with van der Waals surface area (Å²) in [5.41, 5.74) is -1.59. The summed E-state index contributed by atoms with van der Waals surface area (Å²) in [6.45, 7) is -0.379. The zero-order chi connectivity index (χ0) is 24.0. The van der Waals surface area contributed by atoms with Crippen LogP contribution in [-0.2, 0) is 23.2 Å². The zero-order valence-electron chi connectivity index (χ0n) is 17.1. The van der Waals surface area contributed by atoms with Gasteiger partial charge in [-0.05, 0) is 30.3 Å². The second-order valence-corrected chi connectivity index (χ2v) is 9.50. The van der Waals surface area contributed by atoms with E-state index in [4.69, 9.17) is 0 Å². The van der Waals surface area contributed by atoms with Gasteiger partial charge < -0.3 is 9.88 Å². The molecule has 2 atom stereocenters. The molecule has 1 aromatic carbocycles. The van der Waals surface area contributed by atoms with Gasteiger partial charge in [-0.2, -0.15) is 17.5 Å². The Labute approximate surface area is 185 Å². The highest BCUT2D eigenvalue weighted by Gasteiger charge is 2.43. The van der Waals surface area contributed by atoms with Crippen LogP contribution >= 0.6 is 0 Å². The number of pyridine rings is 1. The summed E-state index contributed by atoms with van der Waals surface area (Å²) in [6.07, 6.45) is -0.961. The molecule has 4 rings (SSSR count). The Kier molecular flexibility index (Phi) is 5.86. The highest BCUT2D eigenvalue weighted by atomic mass is 32.2. The summed E-state index contributed by atoms with van der Waals surface area (Å²) in [5.74, 6) is -2.95. The largest absolute Gasteiger partial charge is 0.419 e. The van der Waals surface area contributed by atoms with Crippen LogP contribution in [0.1, 0.15) is 17.2 Å². The van der Waals surface area contributed by atoms with E-state index in [1.165, 1.54) is 29.4 Å². The maximum Gasteiger partial charge on any atom is 0.419 e. The Hall–Kier alpha value is -3.06. The van der Waals surface area contributed by atoms with Crippen molar-refractivity contribution in [2.45, 2.75) is 23.2 Å². The molecule has 3 aromatic rings. The number of rotatable bonds is 5. The topological polar surface area (TPSA) is 80.1 Å². The van der Waals surface area contributed by atoms with Gasteiger partial charge in [-0.25, -0.2) is 22.2 Å². The molecule has 0 radical (unpaired) electrons. The van der Waals surface area contributed by atoms with E-state index in [2.05, 4.69) is 15.3 Å². The van der Waals surface area contributed by atoms with E-state index >= 15 is 0 Å². The predicted molar refractivity (Wildman–Crippen MR) is 108 cm³/mol. The highest BCUT2D eigenvalue weighted by Crippen LogP contribution is 2.36. The molecule has 1 N–H and O–H groups in total. The number of imidazole rings is 1. The van der Waals surface area contributed by atoms with Crippen LogP contribution < -0.4 is 5.32 Å². The zero-order valence-corrected chi connectivity index (χ0v) is 17.9. The number of aromatic nitrogens is 3. The number of hydrogen-bond donors (Lipinski definition) is 1. The van der Waals surface area contributed by atoms with Crippen LogP contribution in [0.5, 0.6) is 0 Å². The first-order valence-corrected chi connectivity index (χ1v) is 11.1. The SMILES string of the molecule is Cn1cnc(S(=O)(=O)N2C[C@H](Nc3ccc(F)c(C(F)(F)F)c3)[C@@H](c3ncccc3F)C2)c1. The smallest absolute Gasteiger partial charge is 0.380 e. The Balaban J connectivity index is 1.69. The number of sulfonamides is 1. The highest BCUT2D eigenvalue weighted by molar-refractivity contribution is 7.89. The number of alkyl halides is 3.